The zero-order chi connectivity index (χ0) is 17.2. The number of fused-ring (bicyclic) bond motifs is 1. The lowest BCUT2D eigenvalue weighted by Gasteiger charge is -2.17. The van der Waals surface area contributed by atoms with Crippen molar-refractivity contribution < 1.29 is 0 Å². The fourth-order valence-corrected chi connectivity index (χ4v) is 4.43. The van der Waals surface area contributed by atoms with Gasteiger partial charge in [-0.25, -0.2) is 0 Å². The zero-order valence-electron chi connectivity index (χ0n) is 15.3. The molecule has 0 saturated heterocycles. The molecule has 128 valence electrons. The van der Waals surface area contributed by atoms with E-state index >= 15 is 0 Å². The molecule has 2 aromatic rings. The average Bonchev–Trinajstić information content (AvgIpc) is 3.19. The van der Waals surface area contributed by atoms with Crippen molar-refractivity contribution in [2.75, 3.05) is 0 Å². The minimum Gasteiger partial charge on any atom is -0.348 e. The number of hydrogen-bond donors (Lipinski definition) is 0. The average molecular weight is 329 g/mol. The molecule has 1 aromatic carbocycles. The lowest BCUT2D eigenvalue weighted by Crippen LogP contribution is -2.08. The minimum atomic E-state index is 0.724. The van der Waals surface area contributed by atoms with Gasteiger partial charge in [0.25, 0.3) is 0 Å². The van der Waals surface area contributed by atoms with Gasteiger partial charge in [0, 0.05) is 18.4 Å². The molecular formula is C24H27N. The third-order valence-electron chi connectivity index (χ3n) is 5.88. The molecule has 2 aliphatic rings. The second-order valence-electron chi connectivity index (χ2n) is 7.40. The highest BCUT2D eigenvalue weighted by Gasteiger charge is 2.30. The highest BCUT2D eigenvalue weighted by Crippen LogP contribution is 2.38. The van der Waals surface area contributed by atoms with E-state index in [1.807, 2.05) is 0 Å². The van der Waals surface area contributed by atoms with Gasteiger partial charge in [0.05, 0.1) is 0 Å². The molecule has 0 aliphatic heterocycles. The summed E-state index contributed by atoms with van der Waals surface area (Å²) in [6.45, 7) is 2.30. The maximum atomic E-state index is 2.44. The maximum absolute atomic E-state index is 2.44. The molecule has 4 rings (SSSR count). The molecule has 0 radical (unpaired) electrons. The van der Waals surface area contributed by atoms with Crippen molar-refractivity contribution in [3.8, 4) is 0 Å². The normalized spacial score (nSPS) is 19.4. The Kier molecular flexibility index (Phi) is 4.48. The van der Waals surface area contributed by atoms with Crippen LogP contribution < -0.4 is 0 Å². The van der Waals surface area contributed by atoms with E-state index < -0.39 is 0 Å². The minimum absolute atomic E-state index is 0.724. The Hall–Kier alpha value is -2.28. The highest BCUT2D eigenvalue weighted by atomic mass is 15.0. The predicted molar refractivity (Wildman–Crippen MR) is 107 cm³/mol. The third-order valence-corrected chi connectivity index (χ3v) is 5.88. The van der Waals surface area contributed by atoms with Crippen LogP contribution in [0.2, 0.25) is 0 Å². The Balaban J connectivity index is 1.52. The monoisotopic (exact) mass is 329 g/mol. The molecule has 0 bridgehead atoms. The van der Waals surface area contributed by atoms with Gasteiger partial charge in [0.2, 0.25) is 0 Å². The summed E-state index contributed by atoms with van der Waals surface area (Å²) in [7, 11) is 2.24. The third kappa shape index (κ3) is 3.16. The Morgan fingerprint density at radius 3 is 2.72 bits per heavy atom. The van der Waals surface area contributed by atoms with Crippen molar-refractivity contribution in [2.24, 2.45) is 13.0 Å². The van der Waals surface area contributed by atoms with E-state index in [0.717, 1.165) is 12.3 Å². The summed E-state index contributed by atoms with van der Waals surface area (Å²) in [6.07, 6.45) is 17.4. The molecule has 1 atom stereocenters. The van der Waals surface area contributed by atoms with E-state index in [1.54, 1.807) is 16.8 Å². The lowest BCUT2D eigenvalue weighted by molar-refractivity contribution is 0.606. The van der Waals surface area contributed by atoms with E-state index in [1.165, 1.54) is 42.5 Å². The quantitative estimate of drug-likeness (QED) is 0.690. The summed E-state index contributed by atoms with van der Waals surface area (Å²) in [6, 6.07) is 10.7. The number of benzene rings is 1. The van der Waals surface area contributed by atoms with Crippen LogP contribution in [-0.4, -0.2) is 4.57 Å². The first-order chi connectivity index (χ1) is 12.2. The Bertz CT molecular complexity index is 816. The molecule has 1 unspecified atom stereocenters. The molecule has 2 aliphatic carbocycles. The molecule has 25 heavy (non-hydrogen) atoms. The van der Waals surface area contributed by atoms with Gasteiger partial charge in [-0.1, -0.05) is 60.2 Å². The van der Waals surface area contributed by atoms with Gasteiger partial charge in [0.1, 0.15) is 0 Å². The number of allylic oxidation sites excluding steroid dienone is 5. The molecule has 1 nitrogen and oxygen atoms in total. The number of hydrogen-bond acceptors (Lipinski definition) is 0. The van der Waals surface area contributed by atoms with Crippen LogP contribution >= 0.6 is 0 Å². The summed E-state index contributed by atoms with van der Waals surface area (Å²) < 4.78 is 2.44. The lowest BCUT2D eigenvalue weighted by atomic mass is 9.89. The van der Waals surface area contributed by atoms with Crippen LogP contribution in [-0.2, 0) is 26.3 Å². The summed E-state index contributed by atoms with van der Waals surface area (Å²) in [5.74, 6) is 0.724. The Labute approximate surface area is 151 Å². The topological polar surface area (TPSA) is 4.93 Å². The van der Waals surface area contributed by atoms with Crippen molar-refractivity contribution >= 4 is 6.08 Å². The molecule has 1 aromatic heterocycles. The fourth-order valence-electron chi connectivity index (χ4n) is 4.43. The predicted octanol–water partition coefficient (Wildman–Crippen LogP) is 5.58. The molecule has 0 fully saturated rings. The van der Waals surface area contributed by atoms with Crippen LogP contribution in [0.1, 0.15) is 40.9 Å². The Morgan fingerprint density at radius 1 is 1.16 bits per heavy atom. The SMILES string of the molecule is Cc1c2c(n(C)c1/C=C\Cc1ccccc1)CC(C1=CC=CCC1)C2. The van der Waals surface area contributed by atoms with Crippen LogP contribution in [0, 0.1) is 12.8 Å². The van der Waals surface area contributed by atoms with Crippen molar-refractivity contribution in [1.29, 1.82) is 0 Å². The molecule has 0 amide bonds. The second kappa shape index (κ2) is 6.92. The first kappa shape index (κ1) is 16.2. The molecule has 0 spiro atoms. The van der Waals surface area contributed by atoms with E-state index in [9.17, 15) is 0 Å². The molecule has 1 heteroatoms. The number of aromatic nitrogens is 1. The first-order valence-electron chi connectivity index (χ1n) is 9.47. The standard InChI is InChI=1S/C24H27N/c1-18-22-16-21(20-13-7-4-8-14-20)17-24(22)25(2)23(18)15-9-12-19-10-5-3-6-11-19/h3-7,9-11,13,15,21H,8,12,14,16-17H2,1-2H3/b15-9-. The van der Waals surface area contributed by atoms with Crippen molar-refractivity contribution in [3.63, 3.8) is 0 Å². The van der Waals surface area contributed by atoms with Crippen LogP contribution in [0.25, 0.3) is 6.08 Å². The van der Waals surface area contributed by atoms with E-state index in [4.69, 9.17) is 0 Å². The largest absolute Gasteiger partial charge is 0.348 e. The summed E-state index contributed by atoms with van der Waals surface area (Å²) in [4.78, 5) is 0. The van der Waals surface area contributed by atoms with E-state index in [-0.39, 0.29) is 0 Å². The zero-order valence-corrected chi connectivity index (χ0v) is 15.3. The Morgan fingerprint density at radius 2 is 2.00 bits per heavy atom. The maximum Gasteiger partial charge on any atom is 0.0435 e. The van der Waals surface area contributed by atoms with Crippen LogP contribution in [0.5, 0.6) is 0 Å². The first-order valence-corrected chi connectivity index (χ1v) is 9.47. The van der Waals surface area contributed by atoms with Gasteiger partial charge in [-0.05, 0) is 67.7 Å². The van der Waals surface area contributed by atoms with Crippen molar-refractivity contribution in [3.05, 3.63) is 88.3 Å². The molecule has 0 N–H and O–H groups in total. The van der Waals surface area contributed by atoms with Gasteiger partial charge in [-0.3, -0.25) is 0 Å². The van der Waals surface area contributed by atoms with Gasteiger partial charge in [-0.2, -0.15) is 0 Å². The molecular weight excluding hydrogens is 302 g/mol. The van der Waals surface area contributed by atoms with Crippen LogP contribution in [0.3, 0.4) is 0 Å². The summed E-state index contributed by atoms with van der Waals surface area (Å²) in [5.41, 5.74) is 9.04. The van der Waals surface area contributed by atoms with Gasteiger partial charge in [-0.15, -0.1) is 0 Å². The second-order valence-corrected chi connectivity index (χ2v) is 7.40. The fraction of sp³-hybridized carbons (Fsp3) is 0.333. The highest BCUT2D eigenvalue weighted by molar-refractivity contribution is 5.57. The van der Waals surface area contributed by atoms with Gasteiger partial charge in [0.15, 0.2) is 0 Å². The van der Waals surface area contributed by atoms with Crippen molar-refractivity contribution in [2.45, 2.75) is 39.0 Å². The van der Waals surface area contributed by atoms with E-state index in [0.29, 0.717) is 0 Å². The van der Waals surface area contributed by atoms with E-state index in [2.05, 4.69) is 79.3 Å². The summed E-state index contributed by atoms with van der Waals surface area (Å²) >= 11 is 0. The van der Waals surface area contributed by atoms with Crippen molar-refractivity contribution in [1.82, 2.24) is 4.57 Å². The molecule has 0 saturated carbocycles. The smallest absolute Gasteiger partial charge is 0.0435 e. The molecule has 1 heterocycles. The number of nitrogens with zero attached hydrogens (tertiary/aromatic N) is 1. The van der Waals surface area contributed by atoms with Gasteiger partial charge < -0.3 is 4.57 Å². The van der Waals surface area contributed by atoms with Crippen LogP contribution in [0.4, 0.5) is 0 Å². The van der Waals surface area contributed by atoms with Crippen LogP contribution in [0.15, 0.2) is 60.2 Å². The number of rotatable bonds is 4. The van der Waals surface area contributed by atoms with Gasteiger partial charge >= 0.3 is 0 Å². The summed E-state index contributed by atoms with van der Waals surface area (Å²) in [5, 5.41) is 0.